The van der Waals surface area contributed by atoms with Gasteiger partial charge in [-0.25, -0.2) is 23.5 Å². The van der Waals surface area contributed by atoms with Crippen molar-refractivity contribution in [3.8, 4) is 0 Å². The monoisotopic (exact) mass is 398 g/mol. The molecule has 0 radical (unpaired) electrons. The van der Waals surface area contributed by atoms with Crippen molar-refractivity contribution in [2.75, 3.05) is 0 Å². The van der Waals surface area contributed by atoms with Crippen molar-refractivity contribution in [1.29, 1.82) is 0 Å². The van der Waals surface area contributed by atoms with E-state index >= 15 is 0 Å². The van der Waals surface area contributed by atoms with E-state index in [-0.39, 0.29) is 4.90 Å². The zero-order valence-corrected chi connectivity index (χ0v) is 14.3. The van der Waals surface area contributed by atoms with E-state index in [1.54, 1.807) is 12.1 Å². The van der Waals surface area contributed by atoms with Crippen molar-refractivity contribution < 1.29 is 8.42 Å². The number of hydrogen-bond donors (Lipinski definition) is 2. The number of nitrogens with two attached hydrogens (primary N) is 2. The van der Waals surface area contributed by atoms with E-state index in [0.29, 0.717) is 5.69 Å². The number of hydrogen-bond acceptors (Lipinski definition) is 6. The molecule has 0 aliphatic rings. The Morgan fingerprint density at radius 3 is 2.50 bits per heavy atom. The highest BCUT2D eigenvalue weighted by atomic mass is 79.9. The Labute approximate surface area is 139 Å². The number of rotatable bonds is 3. The standard InChI is InChI=1S/C13H11BrN4O2S2/c14-9-5-21-13-10(9)12(17-6-18-13)11(15)7-1-3-8(4-2-7)22(16,19)20/h1-6,11H,15H2,(H2,16,19,20). The topological polar surface area (TPSA) is 112 Å². The average molecular weight is 399 g/mol. The van der Waals surface area contributed by atoms with Crippen molar-refractivity contribution in [2.45, 2.75) is 10.9 Å². The molecule has 3 aromatic rings. The van der Waals surface area contributed by atoms with E-state index in [2.05, 4.69) is 25.9 Å². The Kier molecular flexibility index (Phi) is 4.00. The molecule has 1 aromatic carbocycles. The third kappa shape index (κ3) is 2.77. The zero-order chi connectivity index (χ0) is 15.9. The van der Waals surface area contributed by atoms with Crippen molar-refractivity contribution in [1.82, 2.24) is 9.97 Å². The summed E-state index contributed by atoms with van der Waals surface area (Å²) >= 11 is 4.97. The van der Waals surface area contributed by atoms with Gasteiger partial charge in [0.15, 0.2) is 0 Å². The van der Waals surface area contributed by atoms with Crippen LogP contribution in [-0.2, 0) is 10.0 Å². The van der Waals surface area contributed by atoms with Crippen LogP contribution in [0.25, 0.3) is 10.2 Å². The number of benzene rings is 1. The van der Waals surface area contributed by atoms with Gasteiger partial charge in [0.05, 0.1) is 16.6 Å². The summed E-state index contributed by atoms with van der Waals surface area (Å²) in [7, 11) is -3.71. The molecule has 0 aliphatic heterocycles. The number of primary sulfonamides is 1. The Morgan fingerprint density at radius 2 is 1.86 bits per heavy atom. The third-order valence-electron chi connectivity index (χ3n) is 3.22. The predicted molar refractivity (Wildman–Crippen MR) is 89.0 cm³/mol. The molecule has 0 saturated heterocycles. The van der Waals surface area contributed by atoms with E-state index in [0.717, 1.165) is 20.3 Å². The van der Waals surface area contributed by atoms with Crippen LogP contribution in [0.3, 0.4) is 0 Å². The maximum atomic E-state index is 11.3. The smallest absolute Gasteiger partial charge is 0.238 e. The summed E-state index contributed by atoms with van der Waals surface area (Å²) in [6.07, 6.45) is 1.47. The lowest BCUT2D eigenvalue weighted by atomic mass is 10.0. The lowest BCUT2D eigenvalue weighted by molar-refractivity contribution is 0.597. The van der Waals surface area contributed by atoms with E-state index in [9.17, 15) is 8.42 Å². The zero-order valence-electron chi connectivity index (χ0n) is 11.1. The molecule has 114 valence electrons. The van der Waals surface area contributed by atoms with Gasteiger partial charge in [-0.1, -0.05) is 12.1 Å². The predicted octanol–water partition coefficient (Wildman–Crippen LogP) is 2.15. The Balaban J connectivity index is 2.06. The van der Waals surface area contributed by atoms with Gasteiger partial charge in [-0.2, -0.15) is 0 Å². The molecule has 1 atom stereocenters. The lowest BCUT2D eigenvalue weighted by Crippen LogP contribution is -2.15. The minimum atomic E-state index is -3.71. The van der Waals surface area contributed by atoms with Gasteiger partial charge in [-0.15, -0.1) is 11.3 Å². The van der Waals surface area contributed by atoms with E-state index in [1.807, 2.05) is 5.38 Å². The van der Waals surface area contributed by atoms with Crippen molar-refractivity contribution in [3.05, 3.63) is 51.7 Å². The van der Waals surface area contributed by atoms with Gasteiger partial charge in [0, 0.05) is 15.2 Å². The number of halogens is 1. The van der Waals surface area contributed by atoms with Gasteiger partial charge in [0.25, 0.3) is 0 Å². The number of fused-ring (bicyclic) bond motifs is 1. The first kappa shape index (κ1) is 15.5. The molecule has 3 rings (SSSR count). The number of sulfonamides is 1. The minimum absolute atomic E-state index is 0.0491. The number of thiophene rings is 1. The summed E-state index contributed by atoms with van der Waals surface area (Å²) in [5, 5.41) is 7.89. The molecule has 4 N–H and O–H groups in total. The van der Waals surface area contributed by atoms with Crippen molar-refractivity contribution >= 4 is 47.5 Å². The molecule has 2 heterocycles. The fourth-order valence-corrected chi connectivity index (χ4v) is 4.21. The van der Waals surface area contributed by atoms with Crippen LogP contribution in [0.5, 0.6) is 0 Å². The van der Waals surface area contributed by atoms with Gasteiger partial charge >= 0.3 is 0 Å². The Bertz CT molecular complexity index is 938. The molecule has 1 unspecified atom stereocenters. The first-order valence-corrected chi connectivity index (χ1v) is 9.36. The van der Waals surface area contributed by atoms with Crippen molar-refractivity contribution in [3.63, 3.8) is 0 Å². The van der Waals surface area contributed by atoms with Crippen LogP contribution in [0, 0.1) is 0 Å². The molecule has 0 saturated carbocycles. The minimum Gasteiger partial charge on any atom is -0.319 e. The average Bonchev–Trinajstić information content (AvgIpc) is 2.87. The summed E-state index contributed by atoms with van der Waals surface area (Å²) in [6.45, 7) is 0. The van der Waals surface area contributed by atoms with Gasteiger partial charge < -0.3 is 5.73 Å². The van der Waals surface area contributed by atoms with Crippen molar-refractivity contribution in [2.24, 2.45) is 10.9 Å². The van der Waals surface area contributed by atoms with Crippen LogP contribution in [0.2, 0.25) is 0 Å². The van der Waals surface area contributed by atoms with Gasteiger partial charge in [0.2, 0.25) is 10.0 Å². The van der Waals surface area contributed by atoms with E-state index in [1.165, 1.54) is 29.8 Å². The molecule has 9 heteroatoms. The largest absolute Gasteiger partial charge is 0.319 e. The normalized spacial score (nSPS) is 13.4. The molecular formula is C13H11BrN4O2S2. The Hall–Kier alpha value is -1.39. The molecule has 0 bridgehead atoms. The van der Waals surface area contributed by atoms with E-state index < -0.39 is 16.1 Å². The highest BCUT2D eigenvalue weighted by Gasteiger charge is 2.18. The first-order chi connectivity index (χ1) is 10.4. The number of aromatic nitrogens is 2. The molecule has 0 fully saturated rings. The highest BCUT2D eigenvalue weighted by Crippen LogP contribution is 2.34. The van der Waals surface area contributed by atoms with Crippen LogP contribution in [0.1, 0.15) is 17.3 Å². The summed E-state index contributed by atoms with van der Waals surface area (Å²) in [4.78, 5) is 9.39. The van der Waals surface area contributed by atoms with Gasteiger partial charge in [-0.05, 0) is 33.6 Å². The van der Waals surface area contributed by atoms with Gasteiger partial charge in [-0.3, -0.25) is 0 Å². The quantitative estimate of drug-likeness (QED) is 0.701. The van der Waals surface area contributed by atoms with Gasteiger partial charge in [0.1, 0.15) is 11.2 Å². The van der Waals surface area contributed by atoms with Crippen LogP contribution in [0.15, 0.2) is 45.3 Å². The molecule has 2 aromatic heterocycles. The van der Waals surface area contributed by atoms with Crippen LogP contribution in [0.4, 0.5) is 0 Å². The van der Waals surface area contributed by atoms with E-state index in [4.69, 9.17) is 10.9 Å². The van der Waals surface area contributed by atoms with Crippen LogP contribution >= 0.6 is 27.3 Å². The molecule has 0 amide bonds. The third-order valence-corrected chi connectivity index (χ3v) is 5.96. The SMILES string of the molecule is NC(c1ccc(S(N)(=O)=O)cc1)c1ncnc2scc(Br)c12. The molecular weight excluding hydrogens is 388 g/mol. The second kappa shape index (κ2) is 5.67. The lowest BCUT2D eigenvalue weighted by Gasteiger charge is -2.13. The first-order valence-electron chi connectivity index (χ1n) is 6.14. The maximum absolute atomic E-state index is 11.3. The molecule has 6 nitrogen and oxygen atoms in total. The molecule has 22 heavy (non-hydrogen) atoms. The number of nitrogens with zero attached hydrogens (tertiary/aromatic N) is 2. The van der Waals surface area contributed by atoms with Crippen LogP contribution < -0.4 is 10.9 Å². The Morgan fingerprint density at radius 1 is 1.18 bits per heavy atom. The summed E-state index contributed by atoms with van der Waals surface area (Å²) in [5.41, 5.74) is 7.71. The second-order valence-electron chi connectivity index (χ2n) is 4.61. The summed E-state index contributed by atoms with van der Waals surface area (Å²) in [5.74, 6) is 0. The molecule has 0 aliphatic carbocycles. The maximum Gasteiger partial charge on any atom is 0.238 e. The highest BCUT2D eigenvalue weighted by molar-refractivity contribution is 9.10. The second-order valence-corrected chi connectivity index (χ2v) is 7.89. The fourth-order valence-electron chi connectivity index (χ4n) is 2.12. The van der Waals surface area contributed by atoms with Crippen LogP contribution in [-0.4, -0.2) is 18.4 Å². The fraction of sp³-hybridized carbons (Fsp3) is 0.0769. The summed E-state index contributed by atoms with van der Waals surface area (Å²) in [6, 6.07) is 5.65. The molecule has 0 spiro atoms. The summed E-state index contributed by atoms with van der Waals surface area (Å²) < 4.78 is 23.5.